The summed E-state index contributed by atoms with van der Waals surface area (Å²) in [5, 5.41) is 1.16. The van der Waals surface area contributed by atoms with Crippen molar-refractivity contribution in [3.8, 4) is 0 Å². The van der Waals surface area contributed by atoms with Crippen LogP contribution in [-0.4, -0.2) is 9.97 Å². The smallest absolute Gasteiger partial charge is 0.195 e. The summed E-state index contributed by atoms with van der Waals surface area (Å²) in [7, 11) is 0. The van der Waals surface area contributed by atoms with E-state index in [9.17, 15) is 0 Å². The third-order valence-electron chi connectivity index (χ3n) is 2.21. The number of oxazole rings is 1. The Morgan fingerprint density at radius 2 is 2.13 bits per heavy atom. The number of hydrogen-bond acceptors (Lipinski definition) is 4. The van der Waals surface area contributed by atoms with Crippen molar-refractivity contribution in [2.45, 2.75) is 33.1 Å². The maximum atomic E-state index is 5.45. The van der Waals surface area contributed by atoms with Crippen LogP contribution in [0.1, 0.15) is 34.4 Å². The fraction of sp³-hybridized carbons (Fsp3) is 0.455. The molecule has 0 N–H and O–H groups in total. The molecule has 0 spiro atoms. The Kier molecular flexibility index (Phi) is 2.86. The molecule has 2 rings (SSSR count). The maximum Gasteiger partial charge on any atom is 0.195 e. The van der Waals surface area contributed by atoms with Crippen LogP contribution in [0, 0.1) is 13.8 Å². The van der Waals surface area contributed by atoms with Crippen molar-refractivity contribution in [2.24, 2.45) is 0 Å². The first-order valence-corrected chi connectivity index (χ1v) is 5.80. The van der Waals surface area contributed by atoms with Crippen LogP contribution in [-0.2, 0) is 6.42 Å². The van der Waals surface area contributed by atoms with Crippen LogP contribution in [0.2, 0.25) is 0 Å². The molecule has 0 aromatic carbocycles. The molecule has 0 aliphatic carbocycles. The van der Waals surface area contributed by atoms with E-state index in [1.54, 1.807) is 17.5 Å². The molecule has 80 valence electrons. The molecule has 2 aromatic rings. The minimum Gasteiger partial charge on any atom is -0.446 e. The Balaban J connectivity index is 2.06. The van der Waals surface area contributed by atoms with Gasteiger partial charge < -0.3 is 4.42 Å². The zero-order chi connectivity index (χ0) is 10.8. The summed E-state index contributed by atoms with van der Waals surface area (Å²) < 4.78 is 5.45. The Morgan fingerprint density at radius 3 is 2.67 bits per heavy atom. The van der Waals surface area contributed by atoms with Gasteiger partial charge in [0.2, 0.25) is 0 Å². The van der Waals surface area contributed by atoms with E-state index < -0.39 is 0 Å². The molecule has 0 saturated carbocycles. The molecule has 0 radical (unpaired) electrons. The van der Waals surface area contributed by atoms with E-state index in [2.05, 4.69) is 23.8 Å². The van der Waals surface area contributed by atoms with Crippen molar-refractivity contribution in [1.29, 1.82) is 0 Å². The van der Waals surface area contributed by atoms with Crippen LogP contribution in [0.3, 0.4) is 0 Å². The molecule has 0 fully saturated rings. The van der Waals surface area contributed by atoms with Gasteiger partial charge in [0.1, 0.15) is 5.76 Å². The second kappa shape index (κ2) is 4.14. The Labute approximate surface area is 93.2 Å². The molecule has 1 unspecified atom stereocenters. The van der Waals surface area contributed by atoms with Crippen LogP contribution < -0.4 is 0 Å². The highest BCUT2D eigenvalue weighted by Gasteiger charge is 2.13. The summed E-state index contributed by atoms with van der Waals surface area (Å²) in [6, 6.07) is 0. The van der Waals surface area contributed by atoms with Crippen molar-refractivity contribution in [2.75, 3.05) is 0 Å². The van der Waals surface area contributed by atoms with Crippen LogP contribution in [0.4, 0.5) is 0 Å². The van der Waals surface area contributed by atoms with Crippen LogP contribution in [0.15, 0.2) is 16.8 Å². The molecular formula is C11H14N2OS. The van der Waals surface area contributed by atoms with Crippen LogP contribution in [0.25, 0.3) is 0 Å². The van der Waals surface area contributed by atoms with Crippen molar-refractivity contribution in [3.05, 3.63) is 33.9 Å². The van der Waals surface area contributed by atoms with Gasteiger partial charge in [0.25, 0.3) is 0 Å². The lowest BCUT2D eigenvalue weighted by Crippen LogP contribution is -1.97. The molecule has 0 aliphatic rings. The first kappa shape index (κ1) is 10.4. The third-order valence-corrected chi connectivity index (χ3v) is 3.35. The molecule has 4 heteroatoms. The topological polar surface area (TPSA) is 38.9 Å². The van der Waals surface area contributed by atoms with E-state index >= 15 is 0 Å². The molecule has 2 heterocycles. The number of thiazole rings is 1. The number of aromatic nitrogens is 2. The molecule has 0 saturated heterocycles. The number of hydrogen-bond donors (Lipinski definition) is 0. The molecule has 2 aromatic heterocycles. The molecular weight excluding hydrogens is 208 g/mol. The number of nitrogens with zero attached hydrogens (tertiary/aromatic N) is 2. The molecule has 1 atom stereocenters. The Morgan fingerprint density at radius 1 is 1.33 bits per heavy atom. The number of rotatable bonds is 3. The standard InChI is InChI=1S/C11H14N2OS/c1-7(11-13-6-9(3)15-11)4-10-12-5-8(2)14-10/h5-7H,4H2,1-3H3. The van der Waals surface area contributed by atoms with Gasteiger partial charge in [0.15, 0.2) is 5.89 Å². The summed E-state index contributed by atoms with van der Waals surface area (Å²) in [6.45, 7) is 6.13. The quantitative estimate of drug-likeness (QED) is 0.801. The lowest BCUT2D eigenvalue weighted by molar-refractivity contribution is 0.457. The maximum absolute atomic E-state index is 5.45. The van der Waals surface area contributed by atoms with Crippen molar-refractivity contribution >= 4 is 11.3 Å². The van der Waals surface area contributed by atoms with Crippen LogP contribution in [0.5, 0.6) is 0 Å². The van der Waals surface area contributed by atoms with Gasteiger partial charge >= 0.3 is 0 Å². The lowest BCUT2D eigenvalue weighted by atomic mass is 10.1. The van der Waals surface area contributed by atoms with Crippen molar-refractivity contribution in [1.82, 2.24) is 9.97 Å². The zero-order valence-corrected chi connectivity index (χ0v) is 9.97. The van der Waals surface area contributed by atoms with Crippen LogP contribution >= 0.6 is 11.3 Å². The van der Waals surface area contributed by atoms with Gasteiger partial charge in [-0.2, -0.15) is 0 Å². The molecule has 0 bridgehead atoms. The average Bonchev–Trinajstić information content (AvgIpc) is 2.75. The average molecular weight is 222 g/mol. The third kappa shape index (κ3) is 2.45. The first-order valence-electron chi connectivity index (χ1n) is 4.99. The summed E-state index contributed by atoms with van der Waals surface area (Å²) in [4.78, 5) is 9.82. The Hall–Kier alpha value is -1.16. The zero-order valence-electron chi connectivity index (χ0n) is 9.15. The van der Waals surface area contributed by atoms with Gasteiger partial charge in [0.05, 0.1) is 11.2 Å². The Bertz CT molecular complexity index is 447. The van der Waals surface area contributed by atoms with E-state index in [-0.39, 0.29) is 0 Å². The normalized spacial score (nSPS) is 13.0. The van der Waals surface area contributed by atoms with E-state index in [0.717, 1.165) is 23.1 Å². The largest absolute Gasteiger partial charge is 0.446 e. The summed E-state index contributed by atoms with van der Waals surface area (Å²) >= 11 is 1.74. The van der Waals surface area contributed by atoms with Crippen molar-refractivity contribution in [3.63, 3.8) is 0 Å². The molecule has 0 amide bonds. The van der Waals surface area contributed by atoms with Gasteiger partial charge in [-0.1, -0.05) is 6.92 Å². The monoisotopic (exact) mass is 222 g/mol. The lowest BCUT2D eigenvalue weighted by Gasteiger charge is -2.03. The van der Waals surface area contributed by atoms with E-state index in [0.29, 0.717) is 5.92 Å². The van der Waals surface area contributed by atoms with Gasteiger partial charge in [-0.3, -0.25) is 0 Å². The highest BCUT2D eigenvalue weighted by atomic mass is 32.1. The van der Waals surface area contributed by atoms with Gasteiger partial charge in [-0.25, -0.2) is 9.97 Å². The van der Waals surface area contributed by atoms with E-state index in [4.69, 9.17) is 4.42 Å². The fourth-order valence-electron chi connectivity index (χ4n) is 1.45. The van der Waals surface area contributed by atoms with Crippen molar-refractivity contribution < 1.29 is 4.42 Å². The van der Waals surface area contributed by atoms with E-state index in [1.807, 2.05) is 13.1 Å². The van der Waals surface area contributed by atoms with E-state index in [1.165, 1.54) is 4.88 Å². The fourth-order valence-corrected chi connectivity index (χ4v) is 2.27. The summed E-state index contributed by atoms with van der Waals surface area (Å²) in [5.74, 6) is 2.04. The molecule has 0 aliphatic heterocycles. The van der Waals surface area contributed by atoms with Gasteiger partial charge in [-0.15, -0.1) is 11.3 Å². The van der Waals surface area contributed by atoms with Gasteiger partial charge in [0, 0.05) is 23.4 Å². The highest BCUT2D eigenvalue weighted by Crippen LogP contribution is 2.24. The number of aryl methyl sites for hydroxylation is 2. The highest BCUT2D eigenvalue weighted by molar-refractivity contribution is 7.11. The predicted octanol–water partition coefficient (Wildman–Crippen LogP) is 3.09. The first-order chi connectivity index (χ1) is 7.15. The second-order valence-corrected chi connectivity index (χ2v) is 5.05. The summed E-state index contributed by atoms with van der Waals surface area (Å²) in [6.07, 6.45) is 4.49. The molecule has 15 heavy (non-hydrogen) atoms. The molecule has 3 nitrogen and oxygen atoms in total. The minimum atomic E-state index is 0.377. The summed E-state index contributed by atoms with van der Waals surface area (Å²) in [5.41, 5.74) is 0. The SMILES string of the molecule is Cc1cnc(CC(C)c2ncc(C)s2)o1. The predicted molar refractivity (Wildman–Crippen MR) is 60.2 cm³/mol. The van der Waals surface area contributed by atoms with Gasteiger partial charge in [-0.05, 0) is 13.8 Å². The second-order valence-electron chi connectivity index (χ2n) is 3.78. The minimum absolute atomic E-state index is 0.377.